The Morgan fingerprint density at radius 1 is 0.162 bits per heavy atom. The summed E-state index contributed by atoms with van der Waals surface area (Å²) in [6.07, 6.45) is 0. The van der Waals surface area contributed by atoms with E-state index < -0.39 is 0 Å². The number of furan rings is 3. The SMILES string of the molecule is CC1(C)c2ccccc2-c2c1ccc1c2c2c3c(cc4c5ccccc5n1c42)-c1ccccc1C3(C)C.CC1(C)c2ccccc2-c2c1ccc1c2c2c3c(cc4c5ccccc5n1c42)oc1ccccc13.CC1(C)c2ccccc2-c2c1ccc1c2c2cc3c4ccccc4oc3c3c4ccccc4n1c23.CC1(C)c2ccccc2-c2c1ccc1c2c2cc3oc4ccccc4c3c3c4ccccc4n1c23. The molecular formula is C135H90N4O3. The van der Waals surface area contributed by atoms with Gasteiger partial charge in [-0.05, 0) is 202 Å². The largest absolute Gasteiger partial charge is 0.456 e. The van der Waals surface area contributed by atoms with E-state index >= 15 is 0 Å². The fourth-order valence-corrected chi connectivity index (χ4v) is 29.2. The predicted molar refractivity (Wildman–Crippen MR) is 594 cm³/mol. The Hall–Kier alpha value is -17.0. The lowest BCUT2D eigenvalue weighted by Gasteiger charge is -2.23. The van der Waals surface area contributed by atoms with Crippen molar-refractivity contribution in [2.24, 2.45) is 0 Å². The molecule has 0 fully saturated rings. The molecule has 7 nitrogen and oxygen atoms in total. The van der Waals surface area contributed by atoms with E-state index in [0.717, 1.165) is 33.5 Å². The fourth-order valence-electron chi connectivity index (χ4n) is 29.2. The van der Waals surface area contributed by atoms with Crippen molar-refractivity contribution in [3.05, 3.63) is 420 Å². The highest BCUT2D eigenvalue weighted by molar-refractivity contribution is 6.40. The molecule has 0 unspecified atom stereocenters. The van der Waals surface area contributed by atoms with Crippen LogP contribution in [0.15, 0.2) is 377 Å². The third-order valence-electron chi connectivity index (χ3n) is 35.2. The molecule has 11 heterocycles. The molecule has 0 saturated heterocycles. The maximum absolute atomic E-state index is 6.54. The third kappa shape index (κ3) is 9.16. The first-order chi connectivity index (χ1) is 69.3. The van der Waals surface area contributed by atoms with E-state index in [1.54, 1.807) is 0 Å². The Bertz CT molecular complexity index is 11200. The Morgan fingerprint density at radius 3 is 0.923 bits per heavy atom. The number of fused-ring (bicyclic) bond motifs is 56. The standard InChI is InChI=1S/C36H27N.3C33H21NO/c1-35(2)26-15-9-6-13-22(26)30-27(35)17-18-29-31(30)32-33-23(20-11-5-8-14-25(20)36(33,3)4)19-24-21-12-7-10-16-28(21)37(29)34(24)32;1-33(2)23-12-6-3-10-19(23)28-24(33)15-16-26-29(28)22-17-21-18-9-5-8-14-27(18)35-32(21)30-20-11-4-7-13-25(20)34(26)31(22)30;1-33(2)22-12-6-3-10-19(22)28-23(33)15-16-25-30(28)31-29-20-11-5-8-14-26(20)35-27(29)17-21-18-9-4-7-13-24(18)34(25)32(21)31;1-33(2)22-12-6-3-9-18(22)28-23(33)15-16-25-29(28)21-17-27-30(20-11-5-8-14-26(20)35-27)31-19-10-4-7-13-24(19)34(25)32(21)31/h5-19H,1-4H3;3*3-17H,1-2H3. The number of nitrogens with zero attached hydrogens (tertiary/aromatic N) is 4. The lowest BCUT2D eigenvalue weighted by molar-refractivity contribution is 0.660. The first-order valence-electron chi connectivity index (χ1n) is 50.3. The molecular weight excluding hydrogens is 1730 g/mol. The van der Waals surface area contributed by atoms with Crippen LogP contribution in [0.1, 0.15) is 125 Å². The average Bonchev–Trinajstić information content (AvgIpc) is 1.51. The molecule has 668 valence electrons. The zero-order valence-electron chi connectivity index (χ0n) is 80.2. The molecule has 0 atom stereocenters. The Balaban J connectivity index is 0.0000000836. The summed E-state index contributed by atoms with van der Waals surface area (Å²) in [6, 6.07) is 134. The number of rotatable bonds is 0. The Kier molecular flexibility index (Phi) is 14.3. The van der Waals surface area contributed by atoms with Crippen molar-refractivity contribution < 1.29 is 13.3 Å². The van der Waals surface area contributed by atoms with Crippen LogP contribution in [0, 0.1) is 0 Å². The molecule has 0 amide bonds. The summed E-state index contributed by atoms with van der Waals surface area (Å²) >= 11 is 0. The number of aromatic nitrogens is 4. The number of hydrogen-bond donors (Lipinski definition) is 0. The second-order valence-electron chi connectivity index (χ2n) is 43.7. The van der Waals surface area contributed by atoms with E-state index in [2.05, 4.69) is 451 Å². The van der Waals surface area contributed by atoms with Gasteiger partial charge in [-0.3, -0.25) is 0 Å². The lowest BCUT2D eigenvalue weighted by Crippen LogP contribution is -2.15. The van der Waals surface area contributed by atoms with E-state index in [-0.39, 0.29) is 27.1 Å². The van der Waals surface area contributed by atoms with E-state index in [9.17, 15) is 0 Å². The molecule has 0 saturated carbocycles. The molecule has 0 radical (unpaired) electrons. The second kappa shape index (κ2) is 26.1. The summed E-state index contributed by atoms with van der Waals surface area (Å²) in [5, 5.41) is 28.3. The average molecular weight is 1820 g/mol. The van der Waals surface area contributed by atoms with Crippen LogP contribution in [0.25, 0.3) is 274 Å². The minimum absolute atomic E-state index is 0.0180. The minimum Gasteiger partial charge on any atom is -0.456 e. The Labute approximate surface area is 814 Å². The molecule has 5 aliphatic rings. The Morgan fingerprint density at radius 2 is 0.465 bits per heavy atom. The fraction of sp³-hybridized carbons (Fsp3) is 0.111. The topological polar surface area (TPSA) is 57.1 Å². The summed E-state index contributed by atoms with van der Waals surface area (Å²) in [5.74, 6) is 0. The van der Waals surface area contributed by atoms with Crippen molar-refractivity contribution in [1.82, 2.24) is 17.6 Å². The summed E-state index contributed by atoms with van der Waals surface area (Å²) in [6.45, 7) is 23.8. The number of para-hydroxylation sites is 7. The van der Waals surface area contributed by atoms with Crippen molar-refractivity contribution in [2.75, 3.05) is 0 Å². The van der Waals surface area contributed by atoms with Gasteiger partial charge in [-0.2, -0.15) is 0 Å². The van der Waals surface area contributed by atoms with E-state index in [1.165, 1.54) is 296 Å². The molecule has 5 aliphatic carbocycles. The first kappa shape index (κ1) is 78.0. The van der Waals surface area contributed by atoms with Gasteiger partial charge < -0.3 is 30.9 Å². The molecule has 0 N–H and O–H groups in total. The van der Waals surface area contributed by atoms with Crippen molar-refractivity contribution in [3.8, 4) is 55.6 Å². The van der Waals surface area contributed by atoms with Crippen LogP contribution in [0.2, 0.25) is 0 Å². The van der Waals surface area contributed by atoms with Gasteiger partial charge in [0, 0.05) is 140 Å². The lowest BCUT2D eigenvalue weighted by atomic mass is 9.79. The molecule has 20 aromatic carbocycles. The maximum Gasteiger partial charge on any atom is 0.145 e. The quantitative estimate of drug-likeness (QED) is 0.152. The summed E-state index contributed by atoms with van der Waals surface area (Å²) in [5.41, 5.74) is 49.2. The van der Waals surface area contributed by atoms with Crippen LogP contribution in [0.5, 0.6) is 0 Å². The monoisotopic (exact) mass is 1810 g/mol. The summed E-state index contributed by atoms with van der Waals surface area (Å²) < 4.78 is 29.5. The summed E-state index contributed by atoms with van der Waals surface area (Å²) in [7, 11) is 0. The molecule has 0 bridgehead atoms. The van der Waals surface area contributed by atoms with Crippen molar-refractivity contribution in [1.29, 1.82) is 0 Å². The van der Waals surface area contributed by atoms with Gasteiger partial charge in [0.05, 0.1) is 71.6 Å². The predicted octanol–water partition coefficient (Wildman–Crippen LogP) is 36.6. The van der Waals surface area contributed by atoms with E-state index in [0.29, 0.717) is 0 Å². The van der Waals surface area contributed by atoms with Crippen LogP contribution >= 0.6 is 0 Å². The van der Waals surface area contributed by atoms with Gasteiger partial charge in [-0.15, -0.1) is 0 Å². The molecule has 36 rings (SSSR count). The van der Waals surface area contributed by atoms with Gasteiger partial charge in [-0.1, -0.05) is 342 Å². The van der Waals surface area contributed by atoms with Gasteiger partial charge in [0.15, 0.2) is 0 Å². The van der Waals surface area contributed by atoms with E-state index in [1.807, 2.05) is 0 Å². The number of benzene rings is 20. The first-order valence-corrected chi connectivity index (χ1v) is 50.3. The molecule has 7 heteroatoms. The summed E-state index contributed by atoms with van der Waals surface area (Å²) in [4.78, 5) is 0. The normalized spacial score (nSPS) is 15.3. The van der Waals surface area contributed by atoms with Gasteiger partial charge in [0.1, 0.15) is 33.5 Å². The molecule has 0 spiro atoms. The van der Waals surface area contributed by atoms with Gasteiger partial charge in [0.25, 0.3) is 0 Å². The van der Waals surface area contributed by atoms with Crippen LogP contribution in [-0.4, -0.2) is 17.6 Å². The van der Waals surface area contributed by atoms with Crippen molar-refractivity contribution in [2.45, 2.75) is 96.3 Å². The molecule has 31 aromatic rings. The van der Waals surface area contributed by atoms with E-state index in [4.69, 9.17) is 13.3 Å². The third-order valence-corrected chi connectivity index (χ3v) is 35.2. The van der Waals surface area contributed by atoms with Crippen LogP contribution in [-0.2, 0) is 27.1 Å². The highest BCUT2D eigenvalue weighted by Crippen LogP contribution is 2.64. The van der Waals surface area contributed by atoms with Crippen LogP contribution in [0.3, 0.4) is 0 Å². The molecule has 142 heavy (non-hydrogen) atoms. The highest BCUT2D eigenvalue weighted by atomic mass is 16.3. The zero-order valence-corrected chi connectivity index (χ0v) is 80.2. The zero-order chi connectivity index (χ0) is 94.0. The second-order valence-corrected chi connectivity index (χ2v) is 43.7. The van der Waals surface area contributed by atoms with Crippen molar-refractivity contribution >= 4 is 218 Å². The van der Waals surface area contributed by atoms with Gasteiger partial charge >= 0.3 is 0 Å². The minimum atomic E-state index is -0.0747. The maximum atomic E-state index is 6.54. The van der Waals surface area contributed by atoms with Crippen LogP contribution < -0.4 is 0 Å². The number of hydrogen-bond acceptors (Lipinski definition) is 3. The highest BCUT2D eigenvalue weighted by Gasteiger charge is 2.46. The molecule has 0 aliphatic heterocycles. The van der Waals surface area contributed by atoms with Gasteiger partial charge in [0.2, 0.25) is 0 Å². The van der Waals surface area contributed by atoms with Crippen LogP contribution in [0.4, 0.5) is 0 Å². The smallest absolute Gasteiger partial charge is 0.145 e. The van der Waals surface area contributed by atoms with Crippen molar-refractivity contribution in [3.63, 3.8) is 0 Å². The molecule has 11 aromatic heterocycles. The van der Waals surface area contributed by atoms with Gasteiger partial charge in [-0.25, -0.2) is 0 Å².